The Morgan fingerprint density at radius 3 is 0.852 bits per heavy atom. The van der Waals surface area contributed by atoms with Crippen molar-refractivity contribution in [1.29, 1.82) is 0 Å². The van der Waals surface area contributed by atoms with Gasteiger partial charge in [0.05, 0.1) is 0 Å². The molecule has 1 aromatic carbocycles. The van der Waals surface area contributed by atoms with Gasteiger partial charge in [-0.3, -0.25) is 0 Å². The van der Waals surface area contributed by atoms with E-state index in [0.29, 0.717) is 0 Å². The molecule has 0 aliphatic heterocycles. The van der Waals surface area contributed by atoms with Gasteiger partial charge in [-0.1, -0.05) is 36.3 Å². The second-order valence-electron chi connectivity index (χ2n) is 7.31. The predicted octanol–water partition coefficient (Wildman–Crippen LogP) is 2.59. The smallest absolute Gasteiger partial charge is 0.450 e. The highest BCUT2D eigenvalue weighted by Crippen LogP contribution is 1.99. The second kappa shape index (κ2) is 38.4. The maximum atomic E-state index is 9.95. The fourth-order valence-electron chi connectivity index (χ4n) is 1.97. The zero-order chi connectivity index (χ0) is 39.1. The molecule has 0 unspecified atom stereocenters. The number of hydrogen-bond acceptors (Lipinski definition) is 2. The molecule has 0 spiro atoms. The van der Waals surface area contributed by atoms with Gasteiger partial charge in [0.25, 0.3) is 0 Å². The molecule has 0 saturated heterocycles. The topological polar surface area (TPSA) is 46.5 Å². The van der Waals surface area contributed by atoms with Crippen LogP contribution in [0.1, 0.15) is 12.5 Å². The van der Waals surface area contributed by atoms with Gasteiger partial charge < -0.3 is 9.84 Å². The normalized spacial score (nSPS) is 4.96. The SMILES string of the molecule is C#CC#CC#CC#CC#CC#CC#CC#CC#CC#CC#CC#CC#CC#CC#CC#CC#CC#CC#CC#CC#CC.O=C(O)OCc1ccccc1. The molecule has 0 amide bonds. The van der Waals surface area contributed by atoms with Gasteiger partial charge in [-0.05, 0) is 107 Å². The van der Waals surface area contributed by atoms with Crippen molar-refractivity contribution in [2.45, 2.75) is 13.5 Å². The van der Waals surface area contributed by atoms with Crippen LogP contribution in [0.3, 0.4) is 0 Å². The highest BCUT2D eigenvalue weighted by atomic mass is 16.7. The van der Waals surface area contributed by atoms with Crippen molar-refractivity contribution >= 4 is 6.16 Å². The van der Waals surface area contributed by atoms with E-state index in [2.05, 4.69) is 247 Å². The lowest BCUT2D eigenvalue weighted by atomic mass is 10.2. The average Bonchev–Trinajstić information content (AvgIpc) is 3.18. The molecule has 0 bridgehead atoms. The number of terminal acetylenes is 1. The monoisotopic (exact) mass is 672 g/mol. The summed E-state index contributed by atoms with van der Waals surface area (Å²) in [5, 5.41) is 8.15. The van der Waals surface area contributed by atoms with Gasteiger partial charge in [0.1, 0.15) is 6.61 Å². The molecule has 3 nitrogen and oxygen atoms in total. The summed E-state index contributed by atoms with van der Waals surface area (Å²) in [5.74, 6) is 102. The minimum atomic E-state index is -1.24. The van der Waals surface area contributed by atoms with E-state index in [1.807, 2.05) is 30.3 Å². The Morgan fingerprint density at radius 1 is 0.426 bits per heavy atom. The lowest BCUT2D eigenvalue weighted by Gasteiger charge is -1.98. The number of rotatable bonds is 2. The molecular formula is C51H12O3. The van der Waals surface area contributed by atoms with E-state index in [1.165, 1.54) is 0 Å². The van der Waals surface area contributed by atoms with Crippen LogP contribution in [0.25, 0.3) is 0 Å². The first-order valence-electron chi connectivity index (χ1n) is 14.0. The van der Waals surface area contributed by atoms with E-state index >= 15 is 0 Å². The summed E-state index contributed by atoms with van der Waals surface area (Å²) in [6, 6.07) is 9.15. The van der Waals surface area contributed by atoms with Gasteiger partial charge in [0.15, 0.2) is 0 Å². The number of carbonyl (C=O) groups is 1. The molecule has 1 N–H and O–H groups in total. The van der Waals surface area contributed by atoms with Crippen LogP contribution >= 0.6 is 0 Å². The van der Waals surface area contributed by atoms with E-state index in [9.17, 15) is 4.79 Å². The first kappa shape index (κ1) is 43.2. The molecule has 0 heterocycles. The van der Waals surface area contributed by atoms with Crippen LogP contribution in [-0.4, -0.2) is 11.3 Å². The van der Waals surface area contributed by atoms with Crippen LogP contribution in [0, 0.1) is 249 Å². The molecule has 0 fully saturated rings. The second-order valence-corrected chi connectivity index (χ2v) is 7.31. The van der Waals surface area contributed by atoms with E-state index in [4.69, 9.17) is 11.5 Å². The fourth-order valence-corrected chi connectivity index (χ4v) is 1.97. The van der Waals surface area contributed by atoms with Crippen LogP contribution in [0.5, 0.6) is 0 Å². The third kappa shape index (κ3) is 37.4. The van der Waals surface area contributed by atoms with Crippen LogP contribution in [-0.2, 0) is 11.3 Å². The first-order valence-corrected chi connectivity index (χ1v) is 14.0. The highest BCUT2D eigenvalue weighted by molar-refractivity contribution is 5.56. The summed E-state index contributed by atoms with van der Waals surface area (Å²) in [5.41, 5.74) is 0.856. The predicted molar refractivity (Wildman–Crippen MR) is 209 cm³/mol. The zero-order valence-electron chi connectivity index (χ0n) is 27.9. The van der Waals surface area contributed by atoms with Gasteiger partial charge >= 0.3 is 6.16 Å². The Kier molecular flexibility index (Phi) is 30.8. The molecule has 0 aliphatic rings. The van der Waals surface area contributed by atoms with Crippen LogP contribution in [0.4, 0.5) is 4.79 Å². The number of ether oxygens (including phenoxy) is 1. The standard InChI is InChI=1S/C43H4.C8H8O3/c1-3-5-7-9-11-13-15-17-19-21-23-25-27-29-31-33-35-37-39-41-43-42-40-38-36-34-32-30-28-26-24-22-20-18-16-14-12-10-8-6-4-2;9-8(10)11-6-7-4-2-1-3-5-7/h1H,2H3;1-5H,6H2,(H,9,10). The molecular weight excluding hydrogens is 661 g/mol. The molecule has 54 heavy (non-hydrogen) atoms. The summed E-state index contributed by atoms with van der Waals surface area (Å²) < 4.78 is 4.34. The van der Waals surface area contributed by atoms with Crippen molar-refractivity contribution in [2.75, 3.05) is 0 Å². The van der Waals surface area contributed by atoms with Gasteiger partial charge in [0.2, 0.25) is 0 Å². The van der Waals surface area contributed by atoms with E-state index < -0.39 is 6.16 Å². The average molecular weight is 673 g/mol. The maximum Gasteiger partial charge on any atom is 0.506 e. The molecule has 1 rings (SSSR count). The van der Waals surface area contributed by atoms with Crippen LogP contribution in [0.15, 0.2) is 30.3 Å². The van der Waals surface area contributed by atoms with Crippen molar-refractivity contribution < 1.29 is 14.6 Å². The van der Waals surface area contributed by atoms with Crippen molar-refractivity contribution in [3.05, 3.63) is 35.9 Å². The zero-order valence-corrected chi connectivity index (χ0v) is 27.9. The Labute approximate surface area is 318 Å². The largest absolute Gasteiger partial charge is 0.506 e. The third-order valence-corrected chi connectivity index (χ3v) is 3.78. The van der Waals surface area contributed by atoms with Gasteiger partial charge in [-0.15, -0.1) is 6.42 Å². The molecule has 0 atom stereocenters. The van der Waals surface area contributed by atoms with Gasteiger partial charge in [-0.2, -0.15) is 0 Å². The molecule has 0 radical (unpaired) electrons. The number of benzene rings is 1. The fraction of sp³-hybridized carbons (Fsp3) is 0.0392. The molecule has 1 aromatic rings. The van der Waals surface area contributed by atoms with Gasteiger partial charge in [0, 0.05) is 142 Å². The van der Waals surface area contributed by atoms with Crippen molar-refractivity contribution in [3.63, 3.8) is 0 Å². The summed E-state index contributed by atoms with van der Waals surface area (Å²) in [6.07, 6.45) is 3.69. The Balaban J connectivity index is 0.00000216. The lowest BCUT2D eigenvalue weighted by Crippen LogP contribution is -1.99. The number of carboxylic acid groups (broad SMARTS) is 1. The summed E-state index contributed by atoms with van der Waals surface area (Å²) in [7, 11) is 0. The van der Waals surface area contributed by atoms with E-state index in [-0.39, 0.29) is 6.61 Å². The summed E-state index contributed by atoms with van der Waals surface area (Å²) in [6.45, 7) is 1.81. The third-order valence-electron chi connectivity index (χ3n) is 3.78. The Morgan fingerprint density at radius 2 is 0.648 bits per heavy atom. The maximum absolute atomic E-state index is 9.95. The molecule has 0 aromatic heterocycles. The van der Waals surface area contributed by atoms with Crippen molar-refractivity contribution in [1.82, 2.24) is 0 Å². The van der Waals surface area contributed by atoms with E-state index in [1.54, 1.807) is 6.92 Å². The first-order chi connectivity index (χ1) is 26.7. The summed E-state index contributed by atoms with van der Waals surface area (Å²) in [4.78, 5) is 9.95. The molecule has 3 heteroatoms. The van der Waals surface area contributed by atoms with Crippen LogP contribution < -0.4 is 0 Å². The molecule has 0 aliphatic carbocycles. The minimum absolute atomic E-state index is 0.121. The van der Waals surface area contributed by atoms with Crippen LogP contribution in [0.2, 0.25) is 0 Å². The summed E-state index contributed by atoms with van der Waals surface area (Å²) >= 11 is 0. The molecule has 0 saturated carbocycles. The van der Waals surface area contributed by atoms with Crippen molar-refractivity contribution in [3.8, 4) is 249 Å². The minimum Gasteiger partial charge on any atom is -0.450 e. The van der Waals surface area contributed by atoms with E-state index in [0.717, 1.165) is 5.56 Å². The highest BCUT2D eigenvalue weighted by Gasteiger charge is 1.95. The van der Waals surface area contributed by atoms with Crippen molar-refractivity contribution in [2.24, 2.45) is 0 Å². The lowest BCUT2D eigenvalue weighted by molar-refractivity contribution is 0.0854. The quantitative estimate of drug-likeness (QED) is 0.389. The van der Waals surface area contributed by atoms with Gasteiger partial charge in [-0.25, -0.2) is 4.79 Å². The Hall–Kier alpha value is -10.8. The Bertz CT molecular complexity index is 2980. The number of hydrogen-bond donors (Lipinski definition) is 1. The molecule has 234 valence electrons.